The average molecular weight is 483 g/mol. The van der Waals surface area contributed by atoms with Crippen molar-refractivity contribution >= 4 is 11.6 Å². The maximum absolute atomic E-state index is 12.5. The number of hydrogen-bond acceptors (Lipinski definition) is 6. The van der Waals surface area contributed by atoms with E-state index >= 15 is 0 Å². The zero-order valence-corrected chi connectivity index (χ0v) is 19.5. The van der Waals surface area contributed by atoms with Gasteiger partial charge in [-0.25, -0.2) is 19.3 Å². The van der Waals surface area contributed by atoms with Gasteiger partial charge in [0.1, 0.15) is 23.7 Å². The van der Waals surface area contributed by atoms with Crippen LogP contribution < -0.4 is 10.1 Å². The number of alkyl halides is 3. The third-order valence-electron chi connectivity index (χ3n) is 5.80. The molecule has 0 spiro atoms. The summed E-state index contributed by atoms with van der Waals surface area (Å²) in [5.74, 6) is 2.29. The minimum atomic E-state index is -4.73. The van der Waals surface area contributed by atoms with Crippen molar-refractivity contribution in [2.45, 2.75) is 46.5 Å². The lowest BCUT2D eigenvalue weighted by Gasteiger charge is -2.11. The monoisotopic (exact) mass is 483 g/mol. The Morgan fingerprint density at radius 3 is 2.40 bits per heavy atom. The van der Waals surface area contributed by atoms with E-state index < -0.39 is 6.36 Å². The normalized spacial score (nSPS) is 13.8. The molecule has 4 aromatic rings. The van der Waals surface area contributed by atoms with E-state index in [1.807, 2.05) is 37.6 Å². The Bertz CT molecular complexity index is 1350. The van der Waals surface area contributed by atoms with Gasteiger partial charge in [0.05, 0.1) is 11.4 Å². The summed E-state index contributed by atoms with van der Waals surface area (Å²) < 4.78 is 45.2. The maximum atomic E-state index is 12.5. The van der Waals surface area contributed by atoms with Gasteiger partial charge in [-0.3, -0.25) is 0 Å². The highest BCUT2D eigenvalue weighted by molar-refractivity contribution is 5.71. The van der Waals surface area contributed by atoms with Crippen LogP contribution in [0.5, 0.6) is 5.75 Å². The first kappa shape index (κ1) is 22.9. The second-order valence-electron chi connectivity index (χ2n) is 8.75. The summed E-state index contributed by atoms with van der Waals surface area (Å²) in [6.07, 6.45) is -0.963. The van der Waals surface area contributed by atoms with Gasteiger partial charge in [-0.15, -0.1) is 13.2 Å². The topological polar surface area (TPSA) is 82.7 Å². The first-order chi connectivity index (χ1) is 16.7. The molecule has 5 rings (SSSR count). The molecule has 182 valence electrons. The van der Waals surface area contributed by atoms with Crippen molar-refractivity contribution in [3.63, 3.8) is 0 Å². The van der Waals surface area contributed by atoms with Gasteiger partial charge in [0, 0.05) is 29.4 Å². The van der Waals surface area contributed by atoms with Crippen LogP contribution in [0.15, 0.2) is 42.7 Å². The van der Waals surface area contributed by atoms with Crippen molar-refractivity contribution < 1.29 is 17.9 Å². The average Bonchev–Trinajstić information content (AvgIpc) is 3.48. The molecule has 1 aliphatic rings. The van der Waals surface area contributed by atoms with Crippen LogP contribution in [0.2, 0.25) is 0 Å². The molecule has 11 heteroatoms. The van der Waals surface area contributed by atoms with Crippen LogP contribution in [0.1, 0.15) is 29.8 Å². The van der Waals surface area contributed by atoms with Gasteiger partial charge in [-0.1, -0.05) is 0 Å². The molecule has 1 N–H and O–H groups in total. The molecule has 1 aliphatic carbocycles. The lowest BCUT2D eigenvalue weighted by Crippen LogP contribution is -2.16. The highest BCUT2D eigenvalue weighted by Crippen LogP contribution is 2.36. The summed E-state index contributed by atoms with van der Waals surface area (Å²) in [4.78, 5) is 8.72. The molecule has 1 fully saturated rings. The molecule has 0 unspecified atom stereocenters. The summed E-state index contributed by atoms with van der Waals surface area (Å²) in [5, 5.41) is 12.7. The van der Waals surface area contributed by atoms with E-state index in [1.54, 1.807) is 16.8 Å². The van der Waals surface area contributed by atoms with Crippen molar-refractivity contribution in [2.75, 3.05) is 5.32 Å². The molecular formula is C24H24F3N7O. The number of rotatable bonds is 7. The Balaban J connectivity index is 1.46. The summed E-state index contributed by atoms with van der Waals surface area (Å²) in [6.45, 7) is 6.56. The van der Waals surface area contributed by atoms with E-state index in [2.05, 4.69) is 25.1 Å². The van der Waals surface area contributed by atoms with Gasteiger partial charge in [0.2, 0.25) is 0 Å². The zero-order chi connectivity index (χ0) is 24.7. The highest BCUT2D eigenvalue weighted by atomic mass is 19.4. The molecule has 0 radical (unpaired) electrons. The Hall–Kier alpha value is -3.89. The fourth-order valence-corrected chi connectivity index (χ4v) is 3.99. The van der Waals surface area contributed by atoms with Gasteiger partial charge >= 0.3 is 6.36 Å². The standard InChI is InChI=1S/C24H24F3N7O/c1-14-10-15(2)34(31-14)21-11-20(28-13-29-21)30-23-16(3)22(32-33(23)12-17-4-5-17)18-6-8-19(9-7-18)35-24(25,26)27/h6-11,13,17H,4-5,12H2,1-3H3,(H,28,29,30). The maximum Gasteiger partial charge on any atom is 0.573 e. The number of aromatic nitrogens is 6. The van der Waals surface area contributed by atoms with Crippen LogP contribution in [-0.2, 0) is 6.54 Å². The number of ether oxygens (including phenoxy) is 1. The fraction of sp³-hybridized carbons (Fsp3) is 0.333. The minimum absolute atomic E-state index is 0.271. The van der Waals surface area contributed by atoms with Crippen LogP contribution in [0.4, 0.5) is 24.8 Å². The predicted molar refractivity (Wildman–Crippen MR) is 124 cm³/mol. The molecule has 3 aromatic heterocycles. The van der Waals surface area contributed by atoms with E-state index in [1.165, 1.54) is 18.5 Å². The van der Waals surface area contributed by atoms with Gasteiger partial charge in [0.25, 0.3) is 0 Å². The number of nitrogens with zero attached hydrogens (tertiary/aromatic N) is 6. The van der Waals surface area contributed by atoms with Crippen molar-refractivity contribution in [3.05, 3.63) is 59.7 Å². The minimum Gasteiger partial charge on any atom is -0.406 e. The second-order valence-corrected chi connectivity index (χ2v) is 8.75. The van der Waals surface area contributed by atoms with Crippen molar-refractivity contribution in [1.29, 1.82) is 0 Å². The quantitative estimate of drug-likeness (QED) is 0.374. The van der Waals surface area contributed by atoms with E-state index in [0.29, 0.717) is 28.8 Å². The van der Waals surface area contributed by atoms with Gasteiger partial charge < -0.3 is 10.1 Å². The number of benzene rings is 1. The molecule has 1 saturated carbocycles. The van der Waals surface area contributed by atoms with Crippen LogP contribution >= 0.6 is 0 Å². The third kappa shape index (κ3) is 5.13. The first-order valence-corrected chi connectivity index (χ1v) is 11.2. The summed E-state index contributed by atoms with van der Waals surface area (Å²) in [5.41, 5.74) is 4.09. The Kier molecular flexibility index (Phi) is 5.70. The molecular weight excluding hydrogens is 459 g/mol. The van der Waals surface area contributed by atoms with E-state index in [-0.39, 0.29) is 5.75 Å². The summed E-state index contributed by atoms with van der Waals surface area (Å²) in [6, 6.07) is 9.53. The van der Waals surface area contributed by atoms with Crippen LogP contribution in [0.3, 0.4) is 0 Å². The van der Waals surface area contributed by atoms with Crippen LogP contribution in [0, 0.1) is 26.7 Å². The highest BCUT2D eigenvalue weighted by Gasteiger charge is 2.31. The molecule has 0 aliphatic heterocycles. The van der Waals surface area contributed by atoms with Gasteiger partial charge in [-0.05, 0) is 69.9 Å². The molecule has 1 aromatic carbocycles. The van der Waals surface area contributed by atoms with E-state index in [9.17, 15) is 13.2 Å². The SMILES string of the molecule is Cc1cc(C)n(-c2cc(Nc3c(C)c(-c4ccc(OC(F)(F)F)cc4)nn3CC3CC3)ncn2)n1. The smallest absolute Gasteiger partial charge is 0.406 e. The molecule has 8 nitrogen and oxygen atoms in total. The number of hydrogen-bond donors (Lipinski definition) is 1. The van der Waals surface area contributed by atoms with Gasteiger partial charge in [0.15, 0.2) is 5.82 Å². The number of anilines is 2. The molecule has 0 amide bonds. The van der Waals surface area contributed by atoms with E-state index in [0.717, 1.165) is 42.2 Å². The zero-order valence-electron chi connectivity index (χ0n) is 19.5. The molecule has 0 saturated heterocycles. The first-order valence-electron chi connectivity index (χ1n) is 11.2. The molecule has 3 heterocycles. The Morgan fingerprint density at radius 1 is 1.03 bits per heavy atom. The van der Waals surface area contributed by atoms with Crippen molar-refractivity contribution in [3.8, 4) is 22.8 Å². The van der Waals surface area contributed by atoms with Gasteiger partial charge in [-0.2, -0.15) is 10.2 Å². The Labute approximate surface area is 199 Å². The lowest BCUT2D eigenvalue weighted by atomic mass is 10.1. The second kappa shape index (κ2) is 8.71. The van der Waals surface area contributed by atoms with Crippen LogP contribution in [-0.4, -0.2) is 35.9 Å². The molecule has 0 atom stereocenters. The van der Waals surface area contributed by atoms with Crippen molar-refractivity contribution in [1.82, 2.24) is 29.5 Å². The molecule has 35 heavy (non-hydrogen) atoms. The summed E-state index contributed by atoms with van der Waals surface area (Å²) >= 11 is 0. The number of halogens is 3. The Morgan fingerprint density at radius 2 is 1.77 bits per heavy atom. The number of aryl methyl sites for hydroxylation is 2. The van der Waals surface area contributed by atoms with Crippen LogP contribution in [0.25, 0.3) is 17.1 Å². The predicted octanol–water partition coefficient (Wildman–Crippen LogP) is 5.50. The van der Waals surface area contributed by atoms with Crippen molar-refractivity contribution in [2.24, 2.45) is 5.92 Å². The lowest BCUT2D eigenvalue weighted by molar-refractivity contribution is -0.274. The van der Waals surface area contributed by atoms with E-state index in [4.69, 9.17) is 5.10 Å². The summed E-state index contributed by atoms with van der Waals surface area (Å²) in [7, 11) is 0. The third-order valence-corrected chi connectivity index (χ3v) is 5.80. The molecule has 0 bridgehead atoms. The fourth-order valence-electron chi connectivity index (χ4n) is 3.99. The largest absolute Gasteiger partial charge is 0.573 e. The number of nitrogens with one attached hydrogen (secondary N) is 1.